The third-order valence-electron chi connectivity index (χ3n) is 4.31. The average molecular weight is 344 g/mol. The van der Waals surface area contributed by atoms with Gasteiger partial charge in [0.1, 0.15) is 12.1 Å². The molecule has 1 aromatic heterocycles. The Morgan fingerprint density at radius 1 is 1.04 bits per heavy atom. The molecule has 1 fully saturated rings. The Morgan fingerprint density at radius 2 is 1.85 bits per heavy atom. The first kappa shape index (κ1) is 16.3. The van der Waals surface area contributed by atoms with Crippen LogP contribution in [-0.2, 0) is 0 Å². The van der Waals surface area contributed by atoms with Gasteiger partial charge in [0, 0.05) is 28.9 Å². The fraction of sp³-hybridized carbons (Fsp3) is 0.190. The van der Waals surface area contributed by atoms with E-state index in [1.807, 2.05) is 42.5 Å². The van der Waals surface area contributed by atoms with E-state index in [0.717, 1.165) is 29.8 Å². The van der Waals surface area contributed by atoms with E-state index in [2.05, 4.69) is 39.7 Å². The van der Waals surface area contributed by atoms with Gasteiger partial charge in [-0.05, 0) is 50.1 Å². The number of hydrogen-bond donors (Lipinski definition) is 2. The quantitative estimate of drug-likeness (QED) is 0.732. The summed E-state index contributed by atoms with van der Waals surface area (Å²) in [7, 11) is 0. The van der Waals surface area contributed by atoms with Crippen LogP contribution in [0.4, 0.5) is 11.5 Å². The summed E-state index contributed by atoms with van der Waals surface area (Å²) >= 11 is 0. The fourth-order valence-corrected chi connectivity index (χ4v) is 2.74. The molecule has 4 rings (SSSR count). The van der Waals surface area contributed by atoms with Crippen molar-refractivity contribution in [3.8, 4) is 11.3 Å². The maximum Gasteiger partial charge on any atom is 0.251 e. The largest absolute Gasteiger partial charge is 0.349 e. The molecule has 1 aliphatic rings. The van der Waals surface area contributed by atoms with Crippen LogP contribution in [0.3, 0.4) is 0 Å². The number of aryl methyl sites for hydroxylation is 1. The lowest BCUT2D eigenvalue weighted by Crippen LogP contribution is -2.25. The minimum absolute atomic E-state index is 0.0113. The van der Waals surface area contributed by atoms with Gasteiger partial charge in [0.15, 0.2) is 0 Å². The molecular formula is C21H20N4O. The Morgan fingerprint density at radius 3 is 2.58 bits per heavy atom. The van der Waals surface area contributed by atoms with Crippen molar-refractivity contribution in [2.75, 3.05) is 5.32 Å². The molecule has 5 heteroatoms. The predicted molar refractivity (Wildman–Crippen MR) is 102 cm³/mol. The highest BCUT2D eigenvalue weighted by molar-refractivity contribution is 5.95. The third-order valence-corrected chi connectivity index (χ3v) is 4.31. The van der Waals surface area contributed by atoms with Crippen LogP contribution in [0.15, 0.2) is 60.9 Å². The van der Waals surface area contributed by atoms with Crippen LogP contribution >= 0.6 is 0 Å². The van der Waals surface area contributed by atoms with Crippen LogP contribution in [0.1, 0.15) is 28.8 Å². The average Bonchev–Trinajstić information content (AvgIpc) is 3.46. The zero-order valence-electron chi connectivity index (χ0n) is 14.6. The van der Waals surface area contributed by atoms with E-state index in [0.29, 0.717) is 17.4 Å². The summed E-state index contributed by atoms with van der Waals surface area (Å²) in [5, 5.41) is 6.25. The topological polar surface area (TPSA) is 66.9 Å². The molecule has 1 amide bonds. The SMILES string of the molecule is Cc1cccc(-c2cc(Nc3ccc(C(=O)NC4CC4)cc3)ncn2)c1. The van der Waals surface area contributed by atoms with Crippen molar-refractivity contribution < 1.29 is 4.79 Å². The molecule has 0 spiro atoms. The Hall–Kier alpha value is -3.21. The van der Waals surface area contributed by atoms with Crippen LogP contribution in [0.2, 0.25) is 0 Å². The van der Waals surface area contributed by atoms with E-state index < -0.39 is 0 Å². The van der Waals surface area contributed by atoms with Gasteiger partial charge in [0.25, 0.3) is 5.91 Å². The van der Waals surface area contributed by atoms with E-state index in [9.17, 15) is 4.79 Å². The first-order chi connectivity index (χ1) is 12.7. The number of nitrogens with one attached hydrogen (secondary N) is 2. The normalized spacial score (nSPS) is 13.3. The molecule has 0 bridgehead atoms. The van der Waals surface area contributed by atoms with Gasteiger partial charge in [-0.1, -0.05) is 23.8 Å². The smallest absolute Gasteiger partial charge is 0.251 e. The summed E-state index contributed by atoms with van der Waals surface area (Å²) in [6, 6.07) is 17.9. The van der Waals surface area contributed by atoms with Crippen molar-refractivity contribution in [3.05, 3.63) is 72.1 Å². The van der Waals surface area contributed by atoms with Crippen molar-refractivity contribution in [2.45, 2.75) is 25.8 Å². The zero-order valence-corrected chi connectivity index (χ0v) is 14.6. The van der Waals surface area contributed by atoms with Gasteiger partial charge in [0.05, 0.1) is 5.69 Å². The molecule has 130 valence electrons. The number of aromatic nitrogens is 2. The summed E-state index contributed by atoms with van der Waals surface area (Å²) in [4.78, 5) is 20.7. The second kappa shape index (κ2) is 6.96. The van der Waals surface area contributed by atoms with Gasteiger partial charge in [-0.2, -0.15) is 0 Å². The number of carbonyl (C=O) groups excluding carboxylic acids is 1. The van der Waals surface area contributed by atoms with Crippen LogP contribution in [0.25, 0.3) is 11.3 Å². The van der Waals surface area contributed by atoms with Gasteiger partial charge in [-0.25, -0.2) is 9.97 Å². The monoisotopic (exact) mass is 344 g/mol. The molecule has 0 saturated heterocycles. The number of nitrogens with zero attached hydrogens (tertiary/aromatic N) is 2. The van der Waals surface area contributed by atoms with E-state index >= 15 is 0 Å². The summed E-state index contributed by atoms with van der Waals surface area (Å²) < 4.78 is 0. The van der Waals surface area contributed by atoms with Gasteiger partial charge < -0.3 is 10.6 Å². The van der Waals surface area contributed by atoms with Crippen LogP contribution in [0, 0.1) is 6.92 Å². The second-order valence-corrected chi connectivity index (χ2v) is 6.61. The van der Waals surface area contributed by atoms with Gasteiger partial charge in [-0.15, -0.1) is 0 Å². The lowest BCUT2D eigenvalue weighted by Gasteiger charge is -2.09. The molecule has 0 unspecified atom stereocenters. The summed E-state index contributed by atoms with van der Waals surface area (Å²) in [5.41, 5.74) is 4.66. The lowest BCUT2D eigenvalue weighted by molar-refractivity contribution is 0.0951. The molecule has 1 heterocycles. The van der Waals surface area contributed by atoms with E-state index in [-0.39, 0.29) is 5.91 Å². The third kappa shape index (κ3) is 3.88. The van der Waals surface area contributed by atoms with Crippen molar-refractivity contribution in [1.82, 2.24) is 15.3 Å². The fourth-order valence-electron chi connectivity index (χ4n) is 2.74. The van der Waals surface area contributed by atoms with Gasteiger partial charge >= 0.3 is 0 Å². The molecule has 1 aliphatic carbocycles. The van der Waals surface area contributed by atoms with Crippen molar-refractivity contribution >= 4 is 17.4 Å². The maximum absolute atomic E-state index is 12.0. The summed E-state index contributed by atoms with van der Waals surface area (Å²) in [6.45, 7) is 2.06. The highest BCUT2D eigenvalue weighted by Crippen LogP contribution is 2.23. The number of hydrogen-bond acceptors (Lipinski definition) is 4. The second-order valence-electron chi connectivity index (χ2n) is 6.61. The molecule has 3 aromatic rings. The van der Waals surface area contributed by atoms with E-state index in [1.165, 1.54) is 5.56 Å². The van der Waals surface area contributed by atoms with Crippen LogP contribution in [-0.4, -0.2) is 21.9 Å². The number of rotatable bonds is 5. The van der Waals surface area contributed by atoms with Crippen LogP contribution in [0.5, 0.6) is 0 Å². The Bertz CT molecular complexity index is 933. The molecule has 26 heavy (non-hydrogen) atoms. The number of anilines is 2. The molecule has 2 aromatic carbocycles. The zero-order chi connectivity index (χ0) is 17.9. The maximum atomic E-state index is 12.0. The summed E-state index contributed by atoms with van der Waals surface area (Å²) in [6.07, 6.45) is 3.72. The van der Waals surface area contributed by atoms with Gasteiger partial charge in [0.2, 0.25) is 0 Å². The molecule has 0 aliphatic heterocycles. The van der Waals surface area contributed by atoms with Crippen molar-refractivity contribution in [2.24, 2.45) is 0 Å². The molecule has 5 nitrogen and oxygen atoms in total. The molecule has 0 atom stereocenters. The number of amides is 1. The standard InChI is InChI=1S/C21H20N4O/c1-14-3-2-4-16(11-14)19-12-20(23-13-22-19)24-17-7-5-15(6-8-17)21(26)25-18-9-10-18/h2-8,11-13,18H,9-10H2,1H3,(H,25,26)(H,22,23,24). The highest BCUT2D eigenvalue weighted by Gasteiger charge is 2.23. The highest BCUT2D eigenvalue weighted by atomic mass is 16.1. The Balaban J connectivity index is 1.48. The minimum atomic E-state index is -0.0113. The minimum Gasteiger partial charge on any atom is -0.349 e. The molecule has 1 saturated carbocycles. The number of carbonyl (C=O) groups is 1. The summed E-state index contributed by atoms with van der Waals surface area (Å²) in [5.74, 6) is 0.703. The molecular weight excluding hydrogens is 324 g/mol. The van der Waals surface area contributed by atoms with E-state index in [4.69, 9.17) is 0 Å². The Labute approximate surface area is 152 Å². The Kier molecular flexibility index (Phi) is 4.35. The van der Waals surface area contributed by atoms with Crippen molar-refractivity contribution in [3.63, 3.8) is 0 Å². The predicted octanol–water partition coefficient (Wildman–Crippen LogP) is 4.09. The molecule has 2 N–H and O–H groups in total. The number of benzene rings is 2. The first-order valence-corrected chi connectivity index (χ1v) is 8.74. The van der Waals surface area contributed by atoms with Gasteiger partial charge in [-0.3, -0.25) is 4.79 Å². The lowest BCUT2D eigenvalue weighted by atomic mass is 10.1. The molecule has 0 radical (unpaired) electrons. The van der Waals surface area contributed by atoms with Crippen LogP contribution < -0.4 is 10.6 Å². The first-order valence-electron chi connectivity index (χ1n) is 8.74. The van der Waals surface area contributed by atoms with E-state index in [1.54, 1.807) is 6.33 Å². The van der Waals surface area contributed by atoms with Crippen molar-refractivity contribution in [1.29, 1.82) is 0 Å².